The summed E-state index contributed by atoms with van der Waals surface area (Å²) >= 11 is 11.7. The standard InChI is InChI=1S/C13H11Cl2N3O/c1-16-12-4-5-17-7-9(12)13(19)18-8-2-3-10(14)11(15)6-8/h2-7H,1H3,(H,16,17)(H,18,19). The molecule has 1 heterocycles. The lowest BCUT2D eigenvalue weighted by atomic mass is 10.2. The van der Waals surface area contributed by atoms with Crippen molar-refractivity contribution in [2.75, 3.05) is 17.7 Å². The Balaban J connectivity index is 2.23. The quantitative estimate of drug-likeness (QED) is 0.908. The molecule has 0 atom stereocenters. The van der Waals surface area contributed by atoms with Crippen molar-refractivity contribution in [3.05, 3.63) is 52.3 Å². The maximum atomic E-state index is 12.1. The molecule has 0 aliphatic carbocycles. The minimum atomic E-state index is -0.268. The van der Waals surface area contributed by atoms with E-state index in [4.69, 9.17) is 23.2 Å². The van der Waals surface area contributed by atoms with E-state index in [1.54, 1.807) is 37.5 Å². The number of carbonyl (C=O) groups is 1. The van der Waals surface area contributed by atoms with Gasteiger partial charge in [0, 0.05) is 30.8 Å². The van der Waals surface area contributed by atoms with Crippen LogP contribution >= 0.6 is 23.2 Å². The van der Waals surface area contributed by atoms with E-state index in [-0.39, 0.29) is 5.91 Å². The van der Waals surface area contributed by atoms with Crippen LogP contribution in [0.1, 0.15) is 10.4 Å². The molecule has 98 valence electrons. The highest BCUT2D eigenvalue weighted by molar-refractivity contribution is 6.42. The Morgan fingerprint density at radius 3 is 2.68 bits per heavy atom. The van der Waals surface area contributed by atoms with Gasteiger partial charge in [0.25, 0.3) is 5.91 Å². The van der Waals surface area contributed by atoms with Gasteiger partial charge in [-0.15, -0.1) is 0 Å². The second-order valence-corrected chi connectivity index (χ2v) is 4.57. The predicted octanol–water partition coefficient (Wildman–Crippen LogP) is 3.68. The van der Waals surface area contributed by atoms with Crippen LogP contribution in [0.5, 0.6) is 0 Å². The third kappa shape index (κ3) is 3.16. The Hall–Kier alpha value is -1.78. The normalized spacial score (nSPS) is 10.1. The van der Waals surface area contributed by atoms with E-state index < -0.39 is 0 Å². The van der Waals surface area contributed by atoms with Gasteiger partial charge in [0.1, 0.15) is 0 Å². The van der Waals surface area contributed by atoms with Crippen LogP contribution in [0.25, 0.3) is 0 Å². The average molecular weight is 296 g/mol. The summed E-state index contributed by atoms with van der Waals surface area (Å²) in [4.78, 5) is 16.1. The largest absolute Gasteiger partial charge is 0.387 e. The Labute approximate surface area is 120 Å². The minimum Gasteiger partial charge on any atom is -0.387 e. The van der Waals surface area contributed by atoms with Crippen molar-refractivity contribution in [2.45, 2.75) is 0 Å². The topological polar surface area (TPSA) is 54.0 Å². The van der Waals surface area contributed by atoms with E-state index in [2.05, 4.69) is 15.6 Å². The molecular weight excluding hydrogens is 285 g/mol. The predicted molar refractivity (Wildman–Crippen MR) is 78.2 cm³/mol. The van der Waals surface area contributed by atoms with E-state index in [0.717, 1.165) is 0 Å². The molecule has 2 rings (SSSR count). The Kier molecular flexibility index (Phi) is 4.24. The summed E-state index contributed by atoms with van der Waals surface area (Å²) in [7, 11) is 1.74. The van der Waals surface area contributed by atoms with Crippen LogP contribution < -0.4 is 10.6 Å². The third-order valence-electron chi connectivity index (χ3n) is 2.51. The molecule has 1 aromatic heterocycles. The number of carbonyl (C=O) groups excluding carboxylic acids is 1. The zero-order chi connectivity index (χ0) is 13.8. The summed E-state index contributed by atoms with van der Waals surface area (Å²) in [6.45, 7) is 0. The molecule has 4 nitrogen and oxygen atoms in total. The van der Waals surface area contributed by atoms with Gasteiger partial charge in [-0.25, -0.2) is 0 Å². The molecule has 0 aliphatic rings. The lowest BCUT2D eigenvalue weighted by molar-refractivity contribution is 0.102. The van der Waals surface area contributed by atoms with Crippen molar-refractivity contribution in [3.63, 3.8) is 0 Å². The van der Waals surface area contributed by atoms with Gasteiger partial charge in [-0.2, -0.15) is 0 Å². The summed E-state index contributed by atoms with van der Waals surface area (Å²) in [5, 5.41) is 6.50. The summed E-state index contributed by atoms with van der Waals surface area (Å²) in [6, 6.07) is 6.63. The van der Waals surface area contributed by atoms with Gasteiger partial charge in [-0.1, -0.05) is 23.2 Å². The molecule has 6 heteroatoms. The van der Waals surface area contributed by atoms with Crippen LogP contribution in [0.4, 0.5) is 11.4 Å². The number of rotatable bonds is 3. The number of halogens is 2. The molecule has 0 saturated heterocycles. The summed E-state index contributed by atoms with van der Waals surface area (Å²) < 4.78 is 0. The molecule has 1 aromatic carbocycles. The highest BCUT2D eigenvalue weighted by Crippen LogP contribution is 2.25. The highest BCUT2D eigenvalue weighted by Gasteiger charge is 2.11. The van der Waals surface area contributed by atoms with Crippen molar-refractivity contribution in [1.29, 1.82) is 0 Å². The van der Waals surface area contributed by atoms with Crippen molar-refractivity contribution >= 4 is 40.5 Å². The lowest BCUT2D eigenvalue weighted by Gasteiger charge is -2.09. The van der Waals surface area contributed by atoms with Gasteiger partial charge in [0.15, 0.2) is 0 Å². The van der Waals surface area contributed by atoms with Crippen LogP contribution in [-0.2, 0) is 0 Å². The first kappa shape index (κ1) is 13.6. The summed E-state index contributed by atoms with van der Waals surface area (Å²) in [5.74, 6) is -0.268. The van der Waals surface area contributed by atoms with E-state index in [0.29, 0.717) is 27.0 Å². The molecule has 0 unspecified atom stereocenters. The monoisotopic (exact) mass is 295 g/mol. The van der Waals surface area contributed by atoms with Crippen LogP contribution in [0, 0.1) is 0 Å². The minimum absolute atomic E-state index is 0.268. The Bertz CT molecular complexity index is 617. The summed E-state index contributed by atoms with van der Waals surface area (Å²) in [6.07, 6.45) is 3.11. The number of benzene rings is 1. The lowest BCUT2D eigenvalue weighted by Crippen LogP contribution is -2.14. The first-order valence-corrected chi connectivity index (χ1v) is 6.25. The fourth-order valence-corrected chi connectivity index (χ4v) is 1.86. The Morgan fingerprint density at radius 2 is 2.00 bits per heavy atom. The van der Waals surface area contributed by atoms with Crippen LogP contribution in [-0.4, -0.2) is 17.9 Å². The number of nitrogens with zero attached hydrogens (tertiary/aromatic N) is 1. The molecule has 0 fully saturated rings. The number of hydrogen-bond donors (Lipinski definition) is 2. The van der Waals surface area contributed by atoms with Crippen LogP contribution in [0.3, 0.4) is 0 Å². The number of amides is 1. The second-order valence-electron chi connectivity index (χ2n) is 3.75. The first-order chi connectivity index (χ1) is 9.11. The molecular formula is C13H11Cl2N3O. The molecule has 0 saturated carbocycles. The highest BCUT2D eigenvalue weighted by atomic mass is 35.5. The molecule has 0 aliphatic heterocycles. The first-order valence-electron chi connectivity index (χ1n) is 5.50. The molecule has 19 heavy (non-hydrogen) atoms. The van der Waals surface area contributed by atoms with Crippen molar-refractivity contribution < 1.29 is 4.79 Å². The molecule has 2 aromatic rings. The molecule has 1 amide bonds. The summed E-state index contributed by atoms with van der Waals surface area (Å²) in [5.41, 5.74) is 1.73. The third-order valence-corrected chi connectivity index (χ3v) is 3.25. The van der Waals surface area contributed by atoms with E-state index in [1.807, 2.05) is 0 Å². The SMILES string of the molecule is CNc1ccncc1C(=O)Nc1ccc(Cl)c(Cl)c1. The van der Waals surface area contributed by atoms with Crippen molar-refractivity contribution in [1.82, 2.24) is 4.98 Å². The van der Waals surface area contributed by atoms with Crippen molar-refractivity contribution in [2.24, 2.45) is 0 Å². The van der Waals surface area contributed by atoms with Gasteiger partial charge in [-0.3, -0.25) is 9.78 Å². The number of hydrogen-bond acceptors (Lipinski definition) is 3. The van der Waals surface area contributed by atoms with Gasteiger partial charge in [-0.05, 0) is 24.3 Å². The van der Waals surface area contributed by atoms with Gasteiger partial charge in [0.05, 0.1) is 15.6 Å². The molecule has 2 N–H and O–H groups in total. The molecule has 0 spiro atoms. The molecule has 0 bridgehead atoms. The second kappa shape index (κ2) is 5.91. The van der Waals surface area contributed by atoms with Gasteiger partial charge < -0.3 is 10.6 Å². The average Bonchev–Trinajstić information content (AvgIpc) is 2.43. The number of nitrogens with one attached hydrogen (secondary N) is 2. The number of aromatic nitrogens is 1. The van der Waals surface area contributed by atoms with E-state index in [1.165, 1.54) is 6.20 Å². The zero-order valence-corrected chi connectivity index (χ0v) is 11.6. The number of anilines is 2. The Morgan fingerprint density at radius 1 is 1.21 bits per heavy atom. The van der Waals surface area contributed by atoms with Crippen LogP contribution in [0.2, 0.25) is 10.0 Å². The van der Waals surface area contributed by atoms with Gasteiger partial charge >= 0.3 is 0 Å². The van der Waals surface area contributed by atoms with Gasteiger partial charge in [0.2, 0.25) is 0 Å². The van der Waals surface area contributed by atoms with Crippen LogP contribution in [0.15, 0.2) is 36.7 Å². The number of pyridine rings is 1. The molecule has 0 radical (unpaired) electrons. The van der Waals surface area contributed by atoms with E-state index in [9.17, 15) is 4.79 Å². The smallest absolute Gasteiger partial charge is 0.259 e. The maximum absolute atomic E-state index is 12.1. The van der Waals surface area contributed by atoms with E-state index >= 15 is 0 Å². The maximum Gasteiger partial charge on any atom is 0.259 e. The van der Waals surface area contributed by atoms with Crippen molar-refractivity contribution in [3.8, 4) is 0 Å². The fraction of sp³-hybridized carbons (Fsp3) is 0.0769. The zero-order valence-electron chi connectivity index (χ0n) is 10.1. The fourth-order valence-electron chi connectivity index (χ4n) is 1.57.